The van der Waals surface area contributed by atoms with E-state index in [1.54, 1.807) is 54.3 Å². The molecule has 246 valence electrons. The Labute approximate surface area is 275 Å². The number of pyridine rings is 1. The third kappa shape index (κ3) is 10.4. The third-order valence-electron chi connectivity index (χ3n) is 8.12. The van der Waals surface area contributed by atoms with E-state index in [1.807, 2.05) is 36.4 Å². The fraction of sp³-hybridized carbons (Fsp3) is 0.333. The Morgan fingerprint density at radius 3 is 2.26 bits per heavy atom. The molecule has 0 saturated heterocycles. The first-order chi connectivity index (χ1) is 22.7. The van der Waals surface area contributed by atoms with Crippen LogP contribution in [-0.2, 0) is 9.59 Å². The fourth-order valence-corrected chi connectivity index (χ4v) is 5.66. The van der Waals surface area contributed by atoms with Crippen LogP contribution in [0.3, 0.4) is 0 Å². The van der Waals surface area contributed by atoms with Gasteiger partial charge in [-0.2, -0.15) is 0 Å². The molecule has 3 amide bonds. The lowest BCUT2D eigenvalue weighted by molar-refractivity contribution is -0.126. The van der Waals surface area contributed by atoms with E-state index >= 15 is 0 Å². The highest BCUT2D eigenvalue weighted by Gasteiger charge is 2.35. The summed E-state index contributed by atoms with van der Waals surface area (Å²) in [5, 5.41) is 5.63. The molecule has 1 aliphatic carbocycles. The molecule has 1 fully saturated rings. The molecule has 11 heteroatoms. The zero-order valence-corrected chi connectivity index (χ0v) is 26.7. The zero-order chi connectivity index (χ0) is 33.6. The molecule has 6 N–H and O–H groups in total. The van der Waals surface area contributed by atoms with Gasteiger partial charge in [0.05, 0.1) is 11.6 Å². The first-order valence-electron chi connectivity index (χ1n) is 16.0. The highest BCUT2D eigenvalue weighted by molar-refractivity contribution is 6.04. The van der Waals surface area contributed by atoms with E-state index < -0.39 is 18.0 Å². The fourth-order valence-electron chi connectivity index (χ4n) is 5.66. The van der Waals surface area contributed by atoms with Crippen molar-refractivity contribution in [2.24, 2.45) is 16.5 Å². The largest absolute Gasteiger partial charge is 0.370 e. The summed E-state index contributed by atoms with van der Waals surface area (Å²) in [6.45, 7) is 2.00. The number of benzene rings is 2. The Bertz CT molecular complexity index is 1550. The molecule has 0 unspecified atom stereocenters. The Hall–Kier alpha value is -5.32. The summed E-state index contributed by atoms with van der Waals surface area (Å²) in [7, 11) is 0. The van der Waals surface area contributed by atoms with Gasteiger partial charge in [-0.1, -0.05) is 79.9 Å². The lowest BCUT2D eigenvalue weighted by Crippen LogP contribution is -2.55. The lowest BCUT2D eigenvalue weighted by atomic mass is 9.92. The van der Waals surface area contributed by atoms with E-state index in [9.17, 15) is 19.2 Å². The summed E-state index contributed by atoms with van der Waals surface area (Å²) < 4.78 is 0. The second kappa shape index (κ2) is 17.4. The van der Waals surface area contributed by atoms with Crippen LogP contribution in [0.5, 0.6) is 0 Å². The second-order valence-electron chi connectivity index (χ2n) is 11.6. The number of nitrogens with one attached hydrogen (secondary N) is 2. The van der Waals surface area contributed by atoms with Gasteiger partial charge in [-0.3, -0.25) is 24.2 Å². The Balaban J connectivity index is 1.48. The number of rotatable bonds is 14. The standard InChI is InChI=1S/C36H43N7O4/c1-25(34(46)41-30(18-11-23-39-36(37)38)33(45)27-14-7-3-8-15-27)43(29-16-9-4-10-17-29)35(47)28-20-21-31(40-24-28)42-32(44)22-19-26-12-5-2-6-13-26/h2-3,5-8,12-15,19-22,24-25,29-30H,4,9-11,16-18,23H2,1H3,(H,41,46)(H4,37,38,39)(H,40,42,44)/t25-,30-/m0/s1. The van der Waals surface area contributed by atoms with Crippen LogP contribution in [0.1, 0.15) is 78.1 Å². The van der Waals surface area contributed by atoms with Gasteiger partial charge in [0.1, 0.15) is 11.9 Å². The van der Waals surface area contributed by atoms with Crippen LogP contribution in [-0.4, -0.2) is 64.0 Å². The maximum absolute atomic E-state index is 14.0. The highest BCUT2D eigenvalue weighted by Crippen LogP contribution is 2.26. The minimum atomic E-state index is -0.864. The van der Waals surface area contributed by atoms with E-state index in [-0.39, 0.29) is 29.6 Å². The van der Waals surface area contributed by atoms with Gasteiger partial charge in [-0.05, 0) is 56.4 Å². The van der Waals surface area contributed by atoms with Gasteiger partial charge in [-0.15, -0.1) is 0 Å². The van der Waals surface area contributed by atoms with Gasteiger partial charge in [0, 0.05) is 30.4 Å². The van der Waals surface area contributed by atoms with Crippen molar-refractivity contribution in [1.82, 2.24) is 15.2 Å². The molecule has 0 bridgehead atoms. The summed E-state index contributed by atoms with van der Waals surface area (Å²) in [6.07, 6.45) is 9.80. The smallest absolute Gasteiger partial charge is 0.256 e. The Morgan fingerprint density at radius 2 is 1.62 bits per heavy atom. The number of nitrogens with two attached hydrogens (primary N) is 2. The molecule has 1 aliphatic rings. The summed E-state index contributed by atoms with van der Waals surface area (Å²) in [4.78, 5) is 63.6. The predicted octanol–water partition coefficient (Wildman–Crippen LogP) is 4.32. The van der Waals surface area contributed by atoms with Crippen molar-refractivity contribution in [2.75, 3.05) is 11.9 Å². The average molecular weight is 638 g/mol. The maximum atomic E-state index is 14.0. The molecule has 0 radical (unpaired) electrons. The first kappa shape index (κ1) is 34.6. The normalized spacial score (nSPS) is 14.5. The van der Waals surface area contributed by atoms with Crippen LogP contribution in [0, 0.1) is 0 Å². The van der Waals surface area contributed by atoms with Crippen molar-refractivity contribution >= 4 is 41.4 Å². The summed E-state index contributed by atoms with van der Waals surface area (Å²) in [5.41, 5.74) is 12.6. The summed E-state index contributed by atoms with van der Waals surface area (Å²) >= 11 is 0. The SMILES string of the molecule is C[C@@H](C(=O)N[C@@H](CCCN=C(N)N)C(=O)c1ccccc1)N(C(=O)c1ccc(NC(=O)C=Cc2ccccc2)nc1)C1CCCCC1. The van der Waals surface area contributed by atoms with Crippen molar-refractivity contribution in [2.45, 2.75) is 70.0 Å². The number of amides is 3. The number of hydrogen-bond donors (Lipinski definition) is 4. The number of Topliss-reactive ketones (excluding diaryl/α,β-unsaturated/α-hetero) is 1. The number of hydrogen-bond acceptors (Lipinski definition) is 6. The van der Waals surface area contributed by atoms with Crippen LogP contribution >= 0.6 is 0 Å². The van der Waals surface area contributed by atoms with Gasteiger partial charge in [0.25, 0.3) is 5.91 Å². The molecule has 1 aromatic heterocycles. The molecule has 2 atom stereocenters. The number of aliphatic imine (C=N–C) groups is 1. The second-order valence-corrected chi connectivity index (χ2v) is 11.6. The minimum absolute atomic E-state index is 0.0416. The molecule has 1 saturated carbocycles. The molecule has 2 aromatic carbocycles. The number of guanidine groups is 1. The Kier molecular flexibility index (Phi) is 12.8. The van der Waals surface area contributed by atoms with E-state index in [1.165, 1.54) is 12.3 Å². The van der Waals surface area contributed by atoms with Gasteiger partial charge >= 0.3 is 0 Å². The maximum Gasteiger partial charge on any atom is 0.256 e. The van der Waals surface area contributed by atoms with Crippen LogP contribution in [0.25, 0.3) is 6.08 Å². The number of ketones is 1. The van der Waals surface area contributed by atoms with Crippen molar-refractivity contribution in [3.63, 3.8) is 0 Å². The topological polar surface area (TPSA) is 173 Å². The van der Waals surface area contributed by atoms with Gasteiger partial charge in [-0.25, -0.2) is 4.98 Å². The number of nitrogens with zero attached hydrogens (tertiary/aromatic N) is 3. The van der Waals surface area contributed by atoms with Gasteiger partial charge in [0.2, 0.25) is 11.8 Å². The summed E-state index contributed by atoms with van der Waals surface area (Å²) in [5.74, 6) is -1.10. The van der Waals surface area contributed by atoms with E-state index in [4.69, 9.17) is 11.5 Å². The van der Waals surface area contributed by atoms with Crippen LogP contribution in [0.4, 0.5) is 5.82 Å². The molecule has 0 spiro atoms. The van der Waals surface area contributed by atoms with Crippen LogP contribution < -0.4 is 22.1 Å². The quantitative estimate of drug-likeness (QED) is 0.0670. The van der Waals surface area contributed by atoms with E-state index in [2.05, 4.69) is 20.6 Å². The van der Waals surface area contributed by atoms with E-state index in [0.717, 1.165) is 37.7 Å². The lowest BCUT2D eigenvalue weighted by Gasteiger charge is -2.38. The van der Waals surface area contributed by atoms with Crippen LogP contribution in [0.2, 0.25) is 0 Å². The van der Waals surface area contributed by atoms with Crippen molar-refractivity contribution in [3.8, 4) is 0 Å². The minimum Gasteiger partial charge on any atom is -0.370 e. The molecular weight excluding hydrogens is 594 g/mol. The highest BCUT2D eigenvalue weighted by atomic mass is 16.2. The molecule has 4 rings (SSSR count). The molecular formula is C36H43N7O4. The summed E-state index contributed by atoms with van der Waals surface area (Å²) in [6, 6.07) is 19.5. The van der Waals surface area contributed by atoms with Gasteiger partial charge in [0.15, 0.2) is 11.7 Å². The molecule has 11 nitrogen and oxygen atoms in total. The van der Waals surface area contributed by atoms with Gasteiger partial charge < -0.3 is 27.0 Å². The molecule has 0 aliphatic heterocycles. The number of aromatic nitrogens is 1. The Morgan fingerprint density at radius 1 is 0.936 bits per heavy atom. The van der Waals surface area contributed by atoms with Crippen molar-refractivity contribution in [1.29, 1.82) is 0 Å². The van der Waals surface area contributed by atoms with E-state index in [0.29, 0.717) is 36.3 Å². The average Bonchev–Trinajstić information content (AvgIpc) is 3.09. The molecule has 3 aromatic rings. The molecule has 1 heterocycles. The van der Waals surface area contributed by atoms with Crippen LogP contribution in [0.15, 0.2) is 90.1 Å². The zero-order valence-electron chi connectivity index (χ0n) is 26.7. The number of carbonyl (C=O) groups excluding carboxylic acids is 4. The first-order valence-corrected chi connectivity index (χ1v) is 16.0. The molecule has 47 heavy (non-hydrogen) atoms. The monoisotopic (exact) mass is 637 g/mol. The van der Waals surface area contributed by atoms with Crippen molar-refractivity contribution < 1.29 is 19.2 Å². The van der Waals surface area contributed by atoms with Crippen molar-refractivity contribution in [3.05, 3.63) is 102 Å². The third-order valence-corrected chi connectivity index (χ3v) is 8.12. The predicted molar refractivity (Wildman–Crippen MR) is 183 cm³/mol. The number of carbonyl (C=O) groups is 4. The number of anilines is 1.